The molecule has 4 heteroatoms. The fourth-order valence-electron chi connectivity index (χ4n) is 2.90. The maximum absolute atomic E-state index is 5.93. The molecule has 0 aromatic heterocycles. The van der Waals surface area contributed by atoms with Gasteiger partial charge in [-0.1, -0.05) is 24.3 Å². The molecule has 0 unspecified atom stereocenters. The van der Waals surface area contributed by atoms with E-state index in [9.17, 15) is 0 Å². The van der Waals surface area contributed by atoms with Crippen LogP contribution in [-0.4, -0.2) is 32.1 Å². The van der Waals surface area contributed by atoms with Crippen LogP contribution in [0.4, 0.5) is 5.69 Å². The minimum Gasteiger partial charge on any atom is -0.499 e. The standard InChI is InChI=1S/C21H25NO2S/c1-3-23-17(2)16-18-8-10-19(11-9-18)24-14-12-22-13-15-25-21-7-5-4-6-20(21)22/h4-11,16H,3,12-15H2,1-2H3/b17-16-. The third kappa shape index (κ3) is 4.95. The Balaban J connectivity index is 1.52. The van der Waals surface area contributed by atoms with Crippen LogP contribution in [0, 0.1) is 0 Å². The summed E-state index contributed by atoms with van der Waals surface area (Å²) >= 11 is 1.93. The van der Waals surface area contributed by atoms with Crippen LogP contribution >= 0.6 is 11.8 Å². The van der Waals surface area contributed by atoms with Gasteiger partial charge in [-0.05, 0) is 49.8 Å². The van der Waals surface area contributed by atoms with Crippen molar-refractivity contribution in [1.29, 1.82) is 0 Å². The number of allylic oxidation sites excluding steroid dienone is 1. The first-order chi connectivity index (χ1) is 12.3. The monoisotopic (exact) mass is 355 g/mol. The second kappa shape index (κ2) is 8.86. The van der Waals surface area contributed by atoms with E-state index in [2.05, 4.69) is 41.3 Å². The van der Waals surface area contributed by atoms with E-state index in [-0.39, 0.29) is 0 Å². The average molecular weight is 356 g/mol. The molecule has 0 radical (unpaired) electrons. The number of fused-ring (bicyclic) bond motifs is 1. The number of thioether (sulfide) groups is 1. The molecule has 2 aromatic rings. The van der Waals surface area contributed by atoms with Crippen molar-refractivity contribution in [3.05, 3.63) is 59.9 Å². The summed E-state index contributed by atoms with van der Waals surface area (Å²) in [5, 5.41) is 0. The van der Waals surface area contributed by atoms with Crippen molar-refractivity contribution >= 4 is 23.5 Å². The lowest BCUT2D eigenvalue weighted by atomic mass is 10.2. The van der Waals surface area contributed by atoms with E-state index < -0.39 is 0 Å². The van der Waals surface area contributed by atoms with Crippen molar-refractivity contribution in [3.63, 3.8) is 0 Å². The second-order valence-corrected chi connectivity index (χ2v) is 7.05. The Labute approximate surface area is 154 Å². The Hall–Kier alpha value is -2.07. The summed E-state index contributed by atoms with van der Waals surface area (Å²) in [6.07, 6.45) is 2.04. The molecule has 0 fully saturated rings. The van der Waals surface area contributed by atoms with Crippen molar-refractivity contribution in [3.8, 4) is 5.75 Å². The Bertz CT molecular complexity index is 712. The summed E-state index contributed by atoms with van der Waals surface area (Å²) < 4.78 is 11.4. The van der Waals surface area contributed by atoms with E-state index in [1.807, 2.05) is 43.8 Å². The Kier molecular flexibility index (Phi) is 6.29. The number of rotatable bonds is 7. The normalized spacial score (nSPS) is 14.2. The quantitative estimate of drug-likeness (QED) is 0.646. The molecule has 0 saturated carbocycles. The summed E-state index contributed by atoms with van der Waals surface area (Å²) in [7, 11) is 0. The fourth-order valence-corrected chi connectivity index (χ4v) is 3.95. The van der Waals surface area contributed by atoms with Crippen LogP contribution < -0.4 is 9.64 Å². The molecule has 25 heavy (non-hydrogen) atoms. The number of para-hydroxylation sites is 1. The molecular weight excluding hydrogens is 330 g/mol. The summed E-state index contributed by atoms with van der Waals surface area (Å²) in [5.41, 5.74) is 2.45. The van der Waals surface area contributed by atoms with Gasteiger partial charge in [0.15, 0.2) is 0 Å². The molecule has 1 aliphatic rings. The van der Waals surface area contributed by atoms with Gasteiger partial charge in [-0.2, -0.15) is 0 Å². The molecule has 132 valence electrons. The Morgan fingerprint density at radius 2 is 1.96 bits per heavy atom. The van der Waals surface area contributed by atoms with Gasteiger partial charge >= 0.3 is 0 Å². The summed E-state index contributed by atoms with van der Waals surface area (Å²) in [6.45, 7) is 7.33. The predicted molar refractivity (Wildman–Crippen MR) is 107 cm³/mol. The minimum absolute atomic E-state index is 0.687. The smallest absolute Gasteiger partial charge is 0.119 e. The van der Waals surface area contributed by atoms with Crippen molar-refractivity contribution in [2.75, 3.05) is 37.0 Å². The third-order valence-corrected chi connectivity index (χ3v) is 5.12. The number of ether oxygens (including phenoxy) is 2. The van der Waals surface area contributed by atoms with E-state index in [0.29, 0.717) is 13.2 Å². The van der Waals surface area contributed by atoms with Gasteiger partial charge in [0.05, 0.1) is 24.6 Å². The number of hydrogen-bond acceptors (Lipinski definition) is 4. The fraction of sp³-hybridized carbons (Fsp3) is 0.333. The zero-order chi connectivity index (χ0) is 17.5. The highest BCUT2D eigenvalue weighted by atomic mass is 32.2. The van der Waals surface area contributed by atoms with Crippen LogP contribution in [0.5, 0.6) is 5.75 Å². The molecule has 0 saturated heterocycles. The molecule has 3 rings (SSSR count). The molecule has 0 amide bonds. The Morgan fingerprint density at radius 1 is 1.16 bits per heavy atom. The van der Waals surface area contributed by atoms with Crippen LogP contribution in [-0.2, 0) is 4.74 Å². The lowest BCUT2D eigenvalue weighted by molar-refractivity contribution is 0.235. The molecule has 0 bridgehead atoms. The van der Waals surface area contributed by atoms with E-state index in [0.717, 1.165) is 35.9 Å². The number of nitrogens with zero attached hydrogens (tertiary/aromatic N) is 1. The van der Waals surface area contributed by atoms with E-state index >= 15 is 0 Å². The first kappa shape index (κ1) is 17.7. The third-order valence-electron chi connectivity index (χ3n) is 4.08. The minimum atomic E-state index is 0.687. The first-order valence-electron chi connectivity index (χ1n) is 8.77. The van der Waals surface area contributed by atoms with Crippen molar-refractivity contribution in [1.82, 2.24) is 0 Å². The lowest BCUT2D eigenvalue weighted by Crippen LogP contribution is -2.33. The molecule has 1 aliphatic heterocycles. The second-order valence-electron chi connectivity index (χ2n) is 5.91. The predicted octanol–water partition coefficient (Wildman–Crippen LogP) is 5.08. The maximum atomic E-state index is 5.93. The highest BCUT2D eigenvalue weighted by Gasteiger charge is 2.16. The number of benzene rings is 2. The topological polar surface area (TPSA) is 21.7 Å². The molecule has 0 N–H and O–H groups in total. The first-order valence-corrected chi connectivity index (χ1v) is 9.75. The van der Waals surface area contributed by atoms with Crippen molar-refractivity contribution in [2.45, 2.75) is 18.7 Å². The van der Waals surface area contributed by atoms with Crippen LogP contribution in [0.1, 0.15) is 19.4 Å². The highest BCUT2D eigenvalue weighted by Crippen LogP contribution is 2.33. The van der Waals surface area contributed by atoms with Gasteiger partial charge < -0.3 is 14.4 Å². The van der Waals surface area contributed by atoms with E-state index in [1.165, 1.54) is 10.6 Å². The maximum Gasteiger partial charge on any atom is 0.119 e. The van der Waals surface area contributed by atoms with Gasteiger partial charge in [0.25, 0.3) is 0 Å². The van der Waals surface area contributed by atoms with Crippen LogP contribution in [0.3, 0.4) is 0 Å². The Morgan fingerprint density at radius 3 is 2.76 bits per heavy atom. The highest BCUT2D eigenvalue weighted by molar-refractivity contribution is 7.99. The molecule has 0 spiro atoms. The van der Waals surface area contributed by atoms with Gasteiger partial charge in [0.2, 0.25) is 0 Å². The van der Waals surface area contributed by atoms with Gasteiger partial charge in [0.1, 0.15) is 12.4 Å². The summed E-state index contributed by atoms with van der Waals surface area (Å²) in [6, 6.07) is 16.8. The van der Waals surface area contributed by atoms with Gasteiger partial charge in [-0.25, -0.2) is 0 Å². The molecule has 3 nitrogen and oxygen atoms in total. The lowest BCUT2D eigenvalue weighted by Gasteiger charge is -2.30. The molecular formula is C21H25NO2S. The number of anilines is 1. The SMILES string of the molecule is CCO/C(C)=C\c1ccc(OCCN2CCSc3ccccc32)cc1. The zero-order valence-corrected chi connectivity index (χ0v) is 15.7. The van der Waals surface area contributed by atoms with Gasteiger partial charge in [-0.3, -0.25) is 0 Å². The van der Waals surface area contributed by atoms with Crippen LogP contribution in [0.15, 0.2) is 59.2 Å². The summed E-state index contributed by atoms with van der Waals surface area (Å²) in [4.78, 5) is 3.78. The number of hydrogen-bond donors (Lipinski definition) is 0. The largest absolute Gasteiger partial charge is 0.499 e. The van der Waals surface area contributed by atoms with Crippen molar-refractivity contribution < 1.29 is 9.47 Å². The van der Waals surface area contributed by atoms with Crippen LogP contribution in [0.2, 0.25) is 0 Å². The van der Waals surface area contributed by atoms with E-state index in [4.69, 9.17) is 9.47 Å². The molecule has 2 aromatic carbocycles. The van der Waals surface area contributed by atoms with Crippen LogP contribution in [0.25, 0.3) is 6.08 Å². The van der Waals surface area contributed by atoms with Gasteiger partial charge in [0, 0.05) is 17.2 Å². The summed E-state index contributed by atoms with van der Waals surface area (Å²) in [5.74, 6) is 2.97. The van der Waals surface area contributed by atoms with Crippen molar-refractivity contribution in [2.24, 2.45) is 0 Å². The molecule has 0 aliphatic carbocycles. The average Bonchev–Trinajstić information content (AvgIpc) is 2.63. The van der Waals surface area contributed by atoms with E-state index in [1.54, 1.807) is 0 Å². The van der Waals surface area contributed by atoms with Gasteiger partial charge in [-0.15, -0.1) is 11.8 Å². The molecule has 0 atom stereocenters. The zero-order valence-electron chi connectivity index (χ0n) is 14.9. The molecule has 1 heterocycles.